The van der Waals surface area contributed by atoms with E-state index in [2.05, 4.69) is 58.9 Å². The summed E-state index contributed by atoms with van der Waals surface area (Å²) in [6, 6.07) is 0. The maximum Gasteiger partial charge on any atom is 0.192 e. The summed E-state index contributed by atoms with van der Waals surface area (Å²) in [6.07, 6.45) is 5.63. The largest absolute Gasteiger partial charge is 0.410 e. The molecule has 1 saturated heterocycles. The van der Waals surface area contributed by atoms with Crippen molar-refractivity contribution in [3.63, 3.8) is 0 Å². The molecule has 4 heteroatoms. The van der Waals surface area contributed by atoms with Gasteiger partial charge in [0.2, 0.25) is 0 Å². The lowest BCUT2D eigenvalue weighted by Crippen LogP contribution is -2.45. The minimum atomic E-state index is -1.84. The van der Waals surface area contributed by atoms with Crippen molar-refractivity contribution in [1.29, 1.82) is 0 Å². The van der Waals surface area contributed by atoms with Gasteiger partial charge in [0.25, 0.3) is 0 Å². The molecule has 0 bridgehead atoms. The first kappa shape index (κ1) is 23.2. The molecule has 0 aromatic carbocycles. The lowest BCUT2D eigenvalue weighted by Gasteiger charge is -2.40. The molecule has 0 unspecified atom stereocenters. The summed E-state index contributed by atoms with van der Waals surface area (Å²) in [4.78, 5) is 0. The number of rotatable bonds is 7. The minimum absolute atomic E-state index is 0.00246. The van der Waals surface area contributed by atoms with Gasteiger partial charge in [-0.25, -0.2) is 0 Å². The lowest BCUT2D eigenvalue weighted by atomic mass is 9.97. The van der Waals surface area contributed by atoms with Gasteiger partial charge >= 0.3 is 0 Å². The second kappa shape index (κ2) is 9.37. The van der Waals surface area contributed by atoms with E-state index in [1.54, 1.807) is 0 Å². The van der Waals surface area contributed by atoms with Crippen LogP contribution in [0.5, 0.6) is 0 Å². The lowest BCUT2D eigenvalue weighted by molar-refractivity contribution is -0.254. The minimum Gasteiger partial charge on any atom is -0.410 e. The third-order valence-electron chi connectivity index (χ3n) is 5.37. The molecule has 0 spiro atoms. The van der Waals surface area contributed by atoms with E-state index in [1.807, 2.05) is 26.0 Å². The fraction of sp³-hybridized carbons (Fsp3) is 0.727. The third kappa shape index (κ3) is 7.04. The molecule has 0 aromatic heterocycles. The Labute approximate surface area is 162 Å². The first-order chi connectivity index (χ1) is 11.9. The summed E-state index contributed by atoms with van der Waals surface area (Å²) in [6.45, 7) is 24.4. The van der Waals surface area contributed by atoms with E-state index in [9.17, 15) is 0 Å². The number of ether oxygens (including phenoxy) is 2. The molecule has 0 radical (unpaired) electrons. The van der Waals surface area contributed by atoms with E-state index < -0.39 is 14.1 Å². The van der Waals surface area contributed by atoms with E-state index in [1.165, 1.54) is 0 Å². The van der Waals surface area contributed by atoms with Crippen molar-refractivity contribution < 1.29 is 13.9 Å². The molecular formula is C22H38O3Si. The standard InChI is InChI=1S/C22H38O3Si/c1-10-19(20(11-2)25-26(8,9)21(3,4)5)15-13-12-14-18-16-23-22(6,7)24-17-18/h10-11,18-20H,1-2,13,15-17H2,3-9H3/t19-,20+/m1/s1. The second-order valence-corrected chi connectivity index (χ2v) is 13.8. The zero-order chi connectivity index (χ0) is 20.0. The van der Waals surface area contributed by atoms with E-state index in [-0.39, 0.29) is 23.0 Å². The Morgan fingerprint density at radius 2 is 1.77 bits per heavy atom. The first-order valence-corrected chi connectivity index (χ1v) is 12.5. The summed E-state index contributed by atoms with van der Waals surface area (Å²) in [5.74, 6) is 6.46. The number of hydrogen-bond donors (Lipinski definition) is 0. The SMILES string of the molecule is C=C[C@H](CCC#CC1COC(C)(C)OC1)[C@H](C=C)O[Si](C)(C)C(C)(C)C. The van der Waals surface area contributed by atoms with Gasteiger partial charge < -0.3 is 13.9 Å². The van der Waals surface area contributed by atoms with Gasteiger partial charge in [0.05, 0.1) is 25.2 Å². The van der Waals surface area contributed by atoms with Crippen LogP contribution in [0.4, 0.5) is 0 Å². The highest BCUT2D eigenvalue weighted by Gasteiger charge is 2.39. The quantitative estimate of drug-likeness (QED) is 0.330. The normalized spacial score (nSPS) is 20.6. The second-order valence-electron chi connectivity index (χ2n) is 9.06. The van der Waals surface area contributed by atoms with E-state index in [0.29, 0.717) is 13.2 Å². The molecule has 0 saturated carbocycles. The Balaban J connectivity index is 2.57. The average molecular weight is 379 g/mol. The molecule has 1 fully saturated rings. The summed E-state index contributed by atoms with van der Waals surface area (Å²) < 4.78 is 17.8. The van der Waals surface area contributed by atoms with Gasteiger partial charge in [0, 0.05) is 12.3 Å². The molecule has 148 valence electrons. The topological polar surface area (TPSA) is 27.7 Å². The highest BCUT2D eigenvalue weighted by molar-refractivity contribution is 6.74. The molecule has 0 aromatic rings. The van der Waals surface area contributed by atoms with Crippen molar-refractivity contribution in [2.24, 2.45) is 11.8 Å². The van der Waals surface area contributed by atoms with E-state index in [4.69, 9.17) is 13.9 Å². The van der Waals surface area contributed by atoms with Crippen LogP contribution in [0.2, 0.25) is 18.1 Å². The predicted molar refractivity (Wildman–Crippen MR) is 112 cm³/mol. The highest BCUT2D eigenvalue weighted by atomic mass is 28.4. The van der Waals surface area contributed by atoms with Gasteiger partial charge in [-0.3, -0.25) is 0 Å². The van der Waals surface area contributed by atoms with Gasteiger partial charge in [-0.2, -0.15) is 0 Å². The van der Waals surface area contributed by atoms with Crippen molar-refractivity contribution in [1.82, 2.24) is 0 Å². The average Bonchev–Trinajstić information content (AvgIpc) is 2.53. The number of hydrogen-bond acceptors (Lipinski definition) is 3. The monoisotopic (exact) mass is 378 g/mol. The molecule has 1 rings (SSSR count). The van der Waals surface area contributed by atoms with Crippen LogP contribution in [-0.2, 0) is 13.9 Å². The molecule has 2 atom stereocenters. The van der Waals surface area contributed by atoms with Crippen LogP contribution in [0.1, 0.15) is 47.5 Å². The molecule has 0 aliphatic carbocycles. The van der Waals surface area contributed by atoms with Crippen LogP contribution in [0, 0.1) is 23.7 Å². The van der Waals surface area contributed by atoms with Gasteiger partial charge in [-0.15, -0.1) is 19.1 Å². The van der Waals surface area contributed by atoms with Gasteiger partial charge in [0.15, 0.2) is 14.1 Å². The summed E-state index contributed by atoms with van der Waals surface area (Å²) in [7, 11) is -1.84. The van der Waals surface area contributed by atoms with Crippen molar-refractivity contribution in [3.8, 4) is 11.8 Å². The highest BCUT2D eigenvalue weighted by Crippen LogP contribution is 2.38. The Morgan fingerprint density at radius 3 is 2.23 bits per heavy atom. The van der Waals surface area contributed by atoms with Crippen molar-refractivity contribution in [3.05, 3.63) is 25.3 Å². The molecule has 26 heavy (non-hydrogen) atoms. The Bertz CT molecular complexity index is 524. The summed E-state index contributed by atoms with van der Waals surface area (Å²) in [5, 5.41) is 0.175. The smallest absolute Gasteiger partial charge is 0.192 e. The summed E-state index contributed by atoms with van der Waals surface area (Å²) in [5.41, 5.74) is 0. The van der Waals surface area contributed by atoms with E-state index in [0.717, 1.165) is 12.8 Å². The van der Waals surface area contributed by atoms with Gasteiger partial charge in [0.1, 0.15) is 0 Å². The van der Waals surface area contributed by atoms with Crippen LogP contribution >= 0.6 is 0 Å². The van der Waals surface area contributed by atoms with Gasteiger partial charge in [-0.05, 0) is 38.4 Å². The van der Waals surface area contributed by atoms with Crippen LogP contribution < -0.4 is 0 Å². The molecule has 1 heterocycles. The van der Waals surface area contributed by atoms with Crippen LogP contribution in [0.25, 0.3) is 0 Å². The zero-order valence-corrected chi connectivity index (χ0v) is 18.9. The van der Waals surface area contributed by atoms with Gasteiger partial charge in [-0.1, -0.05) is 38.8 Å². The fourth-order valence-electron chi connectivity index (χ4n) is 2.47. The molecular weight excluding hydrogens is 340 g/mol. The maximum absolute atomic E-state index is 6.54. The molecule has 3 nitrogen and oxygen atoms in total. The maximum atomic E-state index is 6.54. The van der Waals surface area contributed by atoms with Crippen molar-refractivity contribution in [2.75, 3.05) is 13.2 Å². The Morgan fingerprint density at radius 1 is 1.19 bits per heavy atom. The van der Waals surface area contributed by atoms with Crippen LogP contribution in [-0.4, -0.2) is 33.4 Å². The molecule has 0 amide bonds. The van der Waals surface area contributed by atoms with Crippen LogP contribution in [0.3, 0.4) is 0 Å². The molecule has 1 aliphatic rings. The summed E-state index contributed by atoms with van der Waals surface area (Å²) >= 11 is 0. The van der Waals surface area contributed by atoms with E-state index >= 15 is 0 Å². The van der Waals surface area contributed by atoms with Crippen molar-refractivity contribution in [2.45, 2.75) is 77.5 Å². The Hall–Kier alpha value is -0.863. The van der Waals surface area contributed by atoms with Crippen molar-refractivity contribution >= 4 is 8.32 Å². The third-order valence-corrected chi connectivity index (χ3v) is 9.84. The van der Waals surface area contributed by atoms with Crippen LogP contribution in [0.15, 0.2) is 25.3 Å². The fourth-order valence-corrected chi connectivity index (χ4v) is 3.78. The Kier molecular flexibility index (Phi) is 8.35. The molecule has 0 N–H and O–H groups in total. The zero-order valence-electron chi connectivity index (χ0n) is 17.9. The molecule has 1 aliphatic heterocycles. The predicted octanol–water partition coefficient (Wildman–Crippen LogP) is 5.55. The first-order valence-electron chi connectivity index (χ1n) is 9.61.